The molecule has 149 valence electrons. The molecule has 0 unspecified atom stereocenters. The van der Waals surface area contributed by atoms with Crippen molar-refractivity contribution in [1.82, 2.24) is 0 Å². The molecule has 1 aliphatic rings. The van der Waals surface area contributed by atoms with Gasteiger partial charge in [0.2, 0.25) is 0 Å². The molecule has 7 heteroatoms. The van der Waals surface area contributed by atoms with E-state index in [1.165, 1.54) is 36.3 Å². The molecular weight excluding hydrogens is 474 g/mol. The van der Waals surface area contributed by atoms with Gasteiger partial charge in [0, 0.05) is 19.5 Å². The molecule has 0 saturated carbocycles. The van der Waals surface area contributed by atoms with Crippen molar-refractivity contribution < 1.29 is 48.4 Å². The van der Waals surface area contributed by atoms with Crippen LogP contribution in [0.2, 0.25) is 0 Å². The van der Waals surface area contributed by atoms with E-state index in [9.17, 15) is 0 Å². The van der Waals surface area contributed by atoms with Gasteiger partial charge in [-0.3, -0.25) is 0 Å². The monoisotopic (exact) mass is 496 g/mol. The molecule has 2 aromatic carbocycles. The van der Waals surface area contributed by atoms with Crippen LogP contribution in [0.25, 0.3) is 0 Å². The molecule has 1 radical (unpaired) electrons. The van der Waals surface area contributed by atoms with Gasteiger partial charge in [0.25, 0.3) is 0 Å². The molecule has 0 amide bonds. The van der Waals surface area contributed by atoms with E-state index >= 15 is 0 Å². The predicted molar refractivity (Wildman–Crippen MR) is 97.2 cm³/mol. The van der Waals surface area contributed by atoms with Gasteiger partial charge in [-0.15, -0.1) is 10.2 Å². The number of hydrogen-bond acceptors (Lipinski definition) is 4. The first-order valence-corrected chi connectivity index (χ1v) is 10.5. The predicted octanol–water partition coefficient (Wildman–Crippen LogP) is 0.230. The van der Waals surface area contributed by atoms with E-state index in [2.05, 4.69) is 85.0 Å². The Labute approximate surface area is 177 Å². The molecule has 0 aromatic heterocycles. The summed E-state index contributed by atoms with van der Waals surface area (Å²) in [6.07, 6.45) is 14.0. The largest absolute Gasteiger partial charge is 0.222 e. The molecule has 0 atom stereocenters. The quantitative estimate of drug-likeness (QED) is 0.338. The average molecular weight is 497 g/mol. The molecule has 0 saturated heterocycles. The fourth-order valence-corrected chi connectivity index (χ4v) is 3.12. The van der Waals surface area contributed by atoms with Gasteiger partial charge in [-0.2, -0.15) is 0 Å². The number of benzene rings is 2. The van der Waals surface area contributed by atoms with E-state index in [1.807, 2.05) is 0 Å². The number of rotatable bonds is 2. The zero-order valence-corrected chi connectivity index (χ0v) is 18.2. The first-order valence-electron chi connectivity index (χ1n) is 8.24. The van der Waals surface area contributed by atoms with Crippen LogP contribution < -0.4 is 29.2 Å². The smallest absolute Gasteiger partial charge is 0 e. The van der Waals surface area contributed by atoms with Crippen molar-refractivity contribution in [2.24, 2.45) is 0 Å². The summed E-state index contributed by atoms with van der Waals surface area (Å²) in [6.45, 7) is 0. The second kappa shape index (κ2) is 16.1. The molecule has 0 heterocycles. The van der Waals surface area contributed by atoms with Crippen molar-refractivity contribution in [1.29, 1.82) is 0 Å². The van der Waals surface area contributed by atoms with Crippen molar-refractivity contribution >= 4 is 19.2 Å². The maximum Gasteiger partial charge on any atom is 0 e. The third kappa shape index (κ3) is 18.2. The van der Waals surface area contributed by atoms with Crippen LogP contribution in [0.15, 0.2) is 85.0 Å². The minimum Gasteiger partial charge on any atom is -0.222 e. The Balaban J connectivity index is 0.000000417. The van der Waals surface area contributed by atoms with E-state index in [0.717, 1.165) is 8.58 Å². The summed E-state index contributed by atoms with van der Waals surface area (Å²) < 4.78 is 34.0. The Hall–Kier alpha value is -0.897. The SMILES string of the molecule is C1=CCC/C=C\CC1.[O-][Cl+3]([O-])([O-])[O-].[Rh].c1ccc(Pc2ccccc2)cc1. The number of halogens is 1. The molecule has 1 aliphatic carbocycles. The van der Waals surface area contributed by atoms with E-state index in [-0.39, 0.29) is 19.5 Å². The van der Waals surface area contributed by atoms with Crippen LogP contribution in [-0.4, -0.2) is 0 Å². The van der Waals surface area contributed by atoms with Crippen molar-refractivity contribution in [2.45, 2.75) is 25.7 Å². The third-order valence-electron chi connectivity index (χ3n) is 3.17. The molecule has 4 nitrogen and oxygen atoms in total. The van der Waals surface area contributed by atoms with Gasteiger partial charge in [0.05, 0.1) is 0 Å². The second-order valence-corrected chi connectivity index (χ2v) is 7.49. The summed E-state index contributed by atoms with van der Waals surface area (Å²) in [5.41, 5.74) is 0. The van der Waals surface area contributed by atoms with Crippen molar-refractivity contribution in [3.63, 3.8) is 0 Å². The molecule has 27 heavy (non-hydrogen) atoms. The van der Waals surface area contributed by atoms with Gasteiger partial charge < -0.3 is 0 Å². The number of hydrogen-bond donors (Lipinski definition) is 0. The van der Waals surface area contributed by atoms with Gasteiger partial charge in [-0.25, -0.2) is 18.6 Å². The fraction of sp³-hybridized carbons (Fsp3) is 0.200. The number of allylic oxidation sites excluding steroid dienone is 4. The van der Waals surface area contributed by atoms with Gasteiger partial charge in [-0.05, 0) is 36.3 Å². The first kappa shape index (κ1) is 26.1. The first-order chi connectivity index (χ1) is 12.4. The van der Waals surface area contributed by atoms with Crippen molar-refractivity contribution in [3.05, 3.63) is 85.0 Å². The Bertz CT molecular complexity index is 577. The normalized spacial score (nSPS) is 14.1. The zero-order valence-electron chi connectivity index (χ0n) is 14.8. The van der Waals surface area contributed by atoms with Crippen LogP contribution >= 0.6 is 8.58 Å². The Morgan fingerprint density at radius 3 is 1.07 bits per heavy atom. The Kier molecular flexibility index (Phi) is 15.6. The maximum absolute atomic E-state index is 8.49. The van der Waals surface area contributed by atoms with Crippen LogP contribution in [0.5, 0.6) is 0 Å². The summed E-state index contributed by atoms with van der Waals surface area (Å²) in [7, 11) is -4.17. The molecule has 0 fully saturated rings. The minimum absolute atomic E-state index is 0. The van der Waals surface area contributed by atoms with Crippen LogP contribution in [0, 0.1) is 10.2 Å². The zero-order chi connectivity index (χ0) is 19.1. The Morgan fingerprint density at radius 2 is 0.815 bits per heavy atom. The fourth-order valence-electron chi connectivity index (χ4n) is 2.07. The van der Waals surface area contributed by atoms with Crippen LogP contribution in [0.3, 0.4) is 0 Å². The van der Waals surface area contributed by atoms with E-state index in [1.54, 1.807) is 0 Å². The van der Waals surface area contributed by atoms with E-state index in [0.29, 0.717) is 0 Å². The van der Waals surface area contributed by atoms with Gasteiger partial charge in [0.15, 0.2) is 0 Å². The molecule has 3 rings (SSSR count). The van der Waals surface area contributed by atoms with Crippen LogP contribution in [0.1, 0.15) is 25.7 Å². The molecular formula is C20H23ClO4PRh-. The van der Waals surface area contributed by atoms with Crippen LogP contribution in [-0.2, 0) is 19.5 Å². The molecule has 0 spiro atoms. The van der Waals surface area contributed by atoms with Crippen LogP contribution in [0.4, 0.5) is 0 Å². The van der Waals surface area contributed by atoms with Crippen molar-refractivity contribution in [3.8, 4) is 0 Å². The van der Waals surface area contributed by atoms with E-state index < -0.39 is 10.2 Å². The second-order valence-electron chi connectivity index (χ2n) is 5.33. The minimum atomic E-state index is -4.94. The van der Waals surface area contributed by atoms with Gasteiger partial charge in [0.1, 0.15) is 0 Å². The Morgan fingerprint density at radius 1 is 0.556 bits per heavy atom. The molecule has 0 aliphatic heterocycles. The standard InChI is InChI=1S/C12H11P.C8H12.ClHO4.Rh/c1-3-7-11(8-4-1)13-12-9-5-2-6-10-12;1-2-4-6-8-7-5-3-1;2-1(3,4)5;/h1-10,13H;1-2,7-8H,3-6H2;(H,2,3,4,5);/p-1/b;2-1-,8-7?;;. The molecule has 0 N–H and O–H groups in total. The summed E-state index contributed by atoms with van der Waals surface area (Å²) >= 11 is 0. The van der Waals surface area contributed by atoms with Gasteiger partial charge in [-0.1, -0.05) is 93.5 Å². The summed E-state index contributed by atoms with van der Waals surface area (Å²) in [5, 5.41) is 2.79. The average Bonchev–Trinajstić information content (AvgIpc) is 2.55. The van der Waals surface area contributed by atoms with Gasteiger partial charge >= 0.3 is 0 Å². The third-order valence-corrected chi connectivity index (χ3v) is 4.41. The van der Waals surface area contributed by atoms with E-state index in [4.69, 9.17) is 18.6 Å². The molecule has 0 bridgehead atoms. The topological polar surface area (TPSA) is 92.2 Å². The maximum atomic E-state index is 8.49. The van der Waals surface area contributed by atoms with Crippen molar-refractivity contribution in [2.75, 3.05) is 0 Å². The summed E-state index contributed by atoms with van der Waals surface area (Å²) in [5.74, 6) is 0. The summed E-state index contributed by atoms with van der Waals surface area (Å²) in [4.78, 5) is 0. The summed E-state index contributed by atoms with van der Waals surface area (Å²) in [6, 6.07) is 21.2. The molecule has 2 aromatic rings.